The van der Waals surface area contributed by atoms with E-state index in [1.54, 1.807) is 0 Å². The molecule has 2 rings (SSSR count). The first-order valence-corrected chi connectivity index (χ1v) is 7.54. The summed E-state index contributed by atoms with van der Waals surface area (Å²) in [6, 6.07) is 0.220. The SMILES string of the molecule is CC(C)(C)OC(=O)N1C(CO)C[C@@H]2CCCCC[C@H]21. The van der Waals surface area contributed by atoms with Gasteiger partial charge in [-0.15, -0.1) is 0 Å². The van der Waals surface area contributed by atoms with Crippen molar-refractivity contribution in [2.75, 3.05) is 6.61 Å². The van der Waals surface area contributed by atoms with Gasteiger partial charge in [-0.2, -0.15) is 0 Å². The van der Waals surface area contributed by atoms with Crippen molar-refractivity contribution in [3.63, 3.8) is 0 Å². The van der Waals surface area contributed by atoms with Crippen LogP contribution < -0.4 is 0 Å². The van der Waals surface area contributed by atoms with Gasteiger partial charge in [0.1, 0.15) is 5.60 Å². The second-order valence-corrected chi connectivity index (χ2v) is 6.93. The van der Waals surface area contributed by atoms with Gasteiger partial charge >= 0.3 is 6.09 Å². The highest BCUT2D eigenvalue weighted by atomic mass is 16.6. The number of carbonyl (C=O) groups is 1. The number of aliphatic hydroxyl groups is 1. The Bertz CT molecular complexity index is 324. The predicted molar refractivity (Wildman–Crippen MR) is 73.9 cm³/mol. The molecule has 4 nitrogen and oxygen atoms in total. The number of carbonyl (C=O) groups excluding carboxylic acids is 1. The minimum atomic E-state index is -0.472. The second kappa shape index (κ2) is 5.70. The first-order valence-electron chi connectivity index (χ1n) is 7.54. The van der Waals surface area contributed by atoms with Crippen LogP contribution in [0.3, 0.4) is 0 Å². The summed E-state index contributed by atoms with van der Waals surface area (Å²) in [5.41, 5.74) is -0.472. The molecule has 1 saturated carbocycles. The van der Waals surface area contributed by atoms with Crippen LogP contribution in [0.4, 0.5) is 4.79 Å². The molecule has 2 aliphatic rings. The average Bonchev–Trinajstić information content (AvgIpc) is 2.50. The number of nitrogens with zero attached hydrogens (tertiary/aromatic N) is 1. The molecule has 1 aliphatic heterocycles. The Morgan fingerprint density at radius 3 is 2.58 bits per heavy atom. The van der Waals surface area contributed by atoms with Gasteiger partial charge in [-0.25, -0.2) is 4.79 Å². The van der Waals surface area contributed by atoms with Crippen LogP contribution in [0.5, 0.6) is 0 Å². The zero-order chi connectivity index (χ0) is 14.0. The molecule has 3 atom stereocenters. The largest absolute Gasteiger partial charge is 0.444 e. The third kappa shape index (κ3) is 3.41. The molecule has 0 aromatic heterocycles. The topological polar surface area (TPSA) is 49.8 Å². The minimum absolute atomic E-state index is 0.0479. The van der Waals surface area contributed by atoms with Crippen LogP contribution in [0.2, 0.25) is 0 Å². The molecule has 4 heteroatoms. The van der Waals surface area contributed by atoms with Crippen molar-refractivity contribution in [1.82, 2.24) is 4.90 Å². The molecule has 1 saturated heterocycles. The van der Waals surface area contributed by atoms with Crippen LogP contribution in [-0.4, -0.2) is 40.4 Å². The van der Waals surface area contributed by atoms with Crippen molar-refractivity contribution in [1.29, 1.82) is 0 Å². The fourth-order valence-corrected chi connectivity index (χ4v) is 3.50. The smallest absolute Gasteiger partial charge is 0.410 e. The number of ether oxygens (including phenoxy) is 1. The van der Waals surface area contributed by atoms with E-state index in [9.17, 15) is 9.90 Å². The standard InChI is InChI=1S/C15H27NO3/c1-15(2,3)19-14(18)16-12(10-17)9-11-7-5-4-6-8-13(11)16/h11-13,17H,4-10H2,1-3H3/t11-,12?,13+/m0/s1. The van der Waals surface area contributed by atoms with Crippen molar-refractivity contribution in [2.24, 2.45) is 5.92 Å². The molecule has 0 radical (unpaired) electrons. The van der Waals surface area contributed by atoms with E-state index in [-0.39, 0.29) is 24.8 Å². The third-order valence-corrected chi connectivity index (χ3v) is 4.26. The van der Waals surface area contributed by atoms with Gasteiger partial charge in [-0.1, -0.05) is 19.3 Å². The maximum atomic E-state index is 12.4. The molecule has 110 valence electrons. The quantitative estimate of drug-likeness (QED) is 0.796. The van der Waals surface area contributed by atoms with Gasteiger partial charge in [-0.05, 0) is 46.0 Å². The number of amides is 1. The monoisotopic (exact) mass is 269 g/mol. The van der Waals surface area contributed by atoms with Crippen LogP contribution >= 0.6 is 0 Å². The van der Waals surface area contributed by atoms with E-state index in [4.69, 9.17) is 4.74 Å². The fraction of sp³-hybridized carbons (Fsp3) is 0.933. The lowest BCUT2D eigenvalue weighted by Crippen LogP contribution is -2.46. The highest BCUT2D eigenvalue weighted by Gasteiger charge is 2.44. The summed E-state index contributed by atoms with van der Waals surface area (Å²) in [7, 11) is 0. The highest BCUT2D eigenvalue weighted by Crippen LogP contribution is 2.39. The Hall–Kier alpha value is -0.770. The number of rotatable bonds is 1. The molecule has 0 spiro atoms. The van der Waals surface area contributed by atoms with Gasteiger partial charge < -0.3 is 9.84 Å². The Labute approximate surface area is 116 Å². The Morgan fingerprint density at radius 1 is 1.26 bits per heavy atom. The van der Waals surface area contributed by atoms with Gasteiger partial charge in [0.05, 0.1) is 12.6 Å². The normalized spacial score (nSPS) is 31.8. The van der Waals surface area contributed by atoms with Gasteiger partial charge in [0.15, 0.2) is 0 Å². The summed E-state index contributed by atoms with van der Waals surface area (Å²) in [6.07, 6.45) is 6.61. The van der Waals surface area contributed by atoms with Crippen molar-refractivity contribution < 1.29 is 14.6 Å². The van der Waals surface area contributed by atoms with E-state index in [0.29, 0.717) is 5.92 Å². The molecule has 0 bridgehead atoms. The molecule has 1 unspecified atom stereocenters. The van der Waals surface area contributed by atoms with E-state index in [2.05, 4.69) is 0 Å². The molecule has 1 amide bonds. The van der Waals surface area contributed by atoms with E-state index in [1.807, 2.05) is 25.7 Å². The Balaban J connectivity index is 2.12. The van der Waals surface area contributed by atoms with Gasteiger partial charge in [0.2, 0.25) is 0 Å². The molecular weight excluding hydrogens is 242 g/mol. The average molecular weight is 269 g/mol. The summed E-state index contributed by atoms with van der Waals surface area (Å²) >= 11 is 0. The van der Waals surface area contributed by atoms with Crippen LogP contribution in [0.25, 0.3) is 0 Å². The summed E-state index contributed by atoms with van der Waals surface area (Å²) in [5.74, 6) is 0.548. The summed E-state index contributed by atoms with van der Waals surface area (Å²) < 4.78 is 5.52. The predicted octanol–water partition coefficient (Wildman–Crippen LogP) is 2.94. The van der Waals surface area contributed by atoms with E-state index >= 15 is 0 Å². The summed E-state index contributed by atoms with van der Waals surface area (Å²) in [5, 5.41) is 9.55. The molecule has 19 heavy (non-hydrogen) atoms. The lowest BCUT2D eigenvalue weighted by molar-refractivity contribution is 0.00686. The molecule has 1 heterocycles. The van der Waals surface area contributed by atoms with E-state index in [0.717, 1.165) is 12.8 Å². The summed E-state index contributed by atoms with van der Waals surface area (Å²) in [4.78, 5) is 14.2. The summed E-state index contributed by atoms with van der Waals surface area (Å²) in [6.45, 7) is 5.71. The molecular formula is C15H27NO3. The number of aliphatic hydroxyl groups excluding tert-OH is 1. The third-order valence-electron chi connectivity index (χ3n) is 4.26. The van der Waals surface area contributed by atoms with E-state index < -0.39 is 5.60 Å². The fourth-order valence-electron chi connectivity index (χ4n) is 3.50. The molecule has 2 fully saturated rings. The van der Waals surface area contributed by atoms with Crippen molar-refractivity contribution in [2.45, 2.75) is 77.0 Å². The van der Waals surface area contributed by atoms with Crippen molar-refractivity contribution in [3.05, 3.63) is 0 Å². The molecule has 1 aliphatic carbocycles. The zero-order valence-electron chi connectivity index (χ0n) is 12.4. The van der Waals surface area contributed by atoms with Crippen LogP contribution in [0.15, 0.2) is 0 Å². The van der Waals surface area contributed by atoms with Crippen LogP contribution in [0.1, 0.15) is 59.3 Å². The Morgan fingerprint density at radius 2 is 1.95 bits per heavy atom. The lowest BCUT2D eigenvalue weighted by Gasteiger charge is -2.32. The Kier molecular flexibility index (Phi) is 4.39. The highest BCUT2D eigenvalue weighted by molar-refractivity contribution is 5.69. The van der Waals surface area contributed by atoms with Crippen molar-refractivity contribution >= 4 is 6.09 Å². The van der Waals surface area contributed by atoms with Gasteiger partial charge in [0.25, 0.3) is 0 Å². The van der Waals surface area contributed by atoms with Crippen LogP contribution in [-0.2, 0) is 4.74 Å². The maximum absolute atomic E-state index is 12.4. The number of hydrogen-bond donors (Lipinski definition) is 1. The minimum Gasteiger partial charge on any atom is -0.444 e. The van der Waals surface area contributed by atoms with Gasteiger partial charge in [0, 0.05) is 6.04 Å². The number of fused-ring (bicyclic) bond motifs is 1. The lowest BCUT2D eigenvalue weighted by atomic mass is 9.94. The number of hydrogen-bond acceptors (Lipinski definition) is 3. The van der Waals surface area contributed by atoms with Crippen LogP contribution in [0, 0.1) is 5.92 Å². The van der Waals surface area contributed by atoms with Crippen molar-refractivity contribution in [3.8, 4) is 0 Å². The molecule has 0 aromatic rings. The van der Waals surface area contributed by atoms with E-state index in [1.165, 1.54) is 25.7 Å². The first kappa shape index (κ1) is 14.6. The number of likely N-dealkylation sites (tertiary alicyclic amines) is 1. The molecule has 1 N–H and O–H groups in total. The first-order chi connectivity index (χ1) is 8.92. The second-order valence-electron chi connectivity index (χ2n) is 6.93. The maximum Gasteiger partial charge on any atom is 0.410 e. The zero-order valence-corrected chi connectivity index (χ0v) is 12.4. The van der Waals surface area contributed by atoms with Gasteiger partial charge in [-0.3, -0.25) is 4.90 Å². The molecule has 0 aromatic carbocycles.